The molecule has 1 fully saturated rings. The molecular weight excluding hydrogens is 262 g/mol. The molecule has 0 radical (unpaired) electrons. The van der Waals surface area contributed by atoms with Gasteiger partial charge in [0.05, 0.1) is 24.2 Å². The second kappa shape index (κ2) is 5.35. The van der Waals surface area contributed by atoms with Crippen molar-refractivity contribution in [1.29, 1.82) is 5.26 Å². The van der Waals surface area contributed by atoms with Gasteiger partial charge in [-0.05, 0) is 30.9 Å². The Morgan fingerprint density at radius 1 is 1.60 bits per heavy atom. The third kappa shape index (κ3) is 2.81. The molecular formula is C13H15N3O4. The molecule has 20 heavy (non-hydrogen) atoms. The number of hydrogen-bond acceptors (Lipinski definition) is 6. The van der Waals surface area contributed by atoms with Crippen LogP contribution in [0.4, 0.5) is 5.69 Å². The number of nitriles is 1. The van der Waals surface area contributed by atoms with E-state index in [1.807, 2.05) is 6.07 Å². The van der Waals surface area contributed by atoms with E-state index in [4.69, 9.17) is 20.5 Å². The SMILES string of the molecule is COc1ccc(OCC(N)(C#N)C2CC2)c([N+](=O)[O-])c1. The Bertz CT molecular complexity index is 565. The Balaban J connectivity index is 2.17. The molecule has 0 aliphatic heterocycles. The zero-order valence-electron chi connectivity index (χ0n) is 11.0. The number of rotatable bonds is 6. The normalized spacial score (nSPS) is 16.9. The van der Waals surface area contributed by atoms with Crippen LogP contribution in [-0.2, 0) is 0 Å². The van der Waals surface area contributed by atoms with E-state index in [0.717, 1.165) is 12.8 Å². The lowest BCUT2D eigenvalue weighted by atomic mass is 9.98. The minimum atomic E-state index is -1.09. The highest BCUT2D eigenvalue weighted by Gasteiger charge is 2.43. The average Bonchev–Trinajstić information content (AvgIpc) is 3.29. The lowest BCUT2D eigenvalue weighted by molar-refractivity contribution is -0.386. The maximum absolute atomic E-state index is 11.0. The van der Waals surface area contributed by atoms with Crippen molar-refractivity contribution in [2.24, 2.45) is 11.7 Å². The Kier molecular flexibility index (Phi) is 3.77. The monoisotopic (exact) mass is 277 g/mol. The van der Waals surface area contributed by atoms with Crippen LogP contribution in [0.2, 0.25) is 0 Å². The molecule has 1 aromatic carbocycles. The van der Waals surface area contributed by atoms with Crippen LogP contribution in [0.5, 0.6) is 11.5 Å². The molecule has 0 spiro atoms. The van der Waals surface area contributed by atoms with Crippen LogP contribution in [-0.4, -0.2) is 24.2 Å². The number of nitrogens with two attached hydrogens (primary N) is 1. The molecule has 1 atom stereocenters. The van der Waals surface area contributed by atoms with Gasteiger partial charge in [-0.1, -0.05) is 0 Å². The van der Waals surface area contributed by atoms with Crippen LogP contribution in [0.3, 0.4) is 0 Å². The summed E-state index contributed by atoms with van der Waals surface area (Å²) >= 11 is 0. The van der Waals surface area contributed by atoms with Gasteiger partial charge in [0, 0.05) is 0 Å². The van der Waals surface area contributed by atoms with Crippen LogP contribution < -0.4 is 15.2 Å². The van der Waals surface area contributed by atoms with E-state index in [1.54, 1.807) is 6.07 Å². The van der Waals surface area contributed by atoms with Crippen LogP contribution in [0, 0.1) is 27.4 Å². The fourth-order valence-electron chi connectivity index (χ4n) is 1.93. The van der Waals surface area contributed by atoms with E-state index in [2.05, 4.69) is 0 Å². The molecule has 1 unspecified atom stereocenters. The minimum Gasteiger partial charge on any atom is -0.496 e. The molecule has 2 N–H and O–H groups in total. The van der Waals surface area contributed by atoms with Crippen LogP contribution >= 0.6 is 0 Å². The number of benzene rings is 1. The highest BCUT2D eigenvalue weighted by atomic mass is 16.6. The van der Waals surface area contributed by atoms with Crippen molar-refractivity contribution in [2.45, 2.75) is 18.4 Å². The van der Waals surface area contributed by atoms with Crippen LogP contribution in [0.25, 0.3) is 0 Å². The lowest BCUT2D eigenvalue weighted by Gasteiger charge is -2.21. The van der Waals surface area contributed by atoms with E-state index in [9.17, 15) is 10.1 Å². The second-order valence-electron chi connectivity index (χ2n) is 4.81. The smallest absolute Gasteiger partial charge is 0.314 e. The fraction of sp³-hybridized carbons (Fsp3) is 0.462. The van der Waals surface area contributed by atoms with Gasteiger partial charge in [0.25, 0.3) is 0 Å². The maximum Gasteiger partial charge on any atom is 0.314 e. The molecule has 0 amide bonds. The molecule has 7 nitrogen and oxygen atoms in total. The van der Waals surface area contributed by atoms with Gasteiger partial charge in [0.2, 0.25) is 0 Å². The molecule has 1 saturated carbocycles. The number of nitro groups is 1. The van der Waals surface area contributed by atoms with Gasteiger partial charge in [0.15, 0.2) is 5.75 Å². The molecule has 0 bridgehead atoms. The first-order valence-corrected chi connectivity index (χ1v) is 6.15. The summed E-state index contributed by atoms with van der Waals surface area (Å²) in [7, 11) is 1.42. The van der Waals surface area contributed by atoms with Crippen LogP contribution in [0.1, 0.15) is 12.8 Å². The third-order valence-electron chi connectivity index (χ3n) is 3.34. The average molecular weight is 277 g/mol. The first-order valence-electron chi connectivity index (χ1n) is 6.15. The quantitative estimate of drug-likeness (QED) is 0.624. The van der Waals surface area contributed by atoms with E-state index < -0.39 is 10.5 Å². The molecule has 1 aliphatic rings. The van der Waals surface area contributed by atoms with Crippen molar-refractivity contribution < 1.29 is 14.4 Å². The first kappa shape index (κ1) is 14.1. The van der Waals surface area contributed by atoms with Crippen molar-refractivity contribution in [2.75, 3.05) is 13.7 Å². The summed E-state index contributed by atoms with van der Waals surface area (Å²) < 4.78 is 10.3. The standard InChI is InChI=1S/C13H15N3O4/c1-19-10-4-5-12(11(6-10)16(17)18)20-8-13(15,7-14)9-2-3-9/h4-6,9H,2-3,8,15H2,1H3. The third-order valence-corrected chi connectivity index (χ3v) is 3.34. The largest absolute Gasteiger partial charge is 0.496 e. The summed E-state index contributed by atoms with van der Waals surface area (Å²) in [6.07, 6.45) is 1.77. The predicted octanol–water partition coefficient (Wildman–Crippen LogP) is 1.61. The van der Waals surface area contributed by atoms with E-state index in [0.29, 0.717) is 5.75 Å². The van der Waals surface area contributed by atoms with Gasteiger partial charge < -0.3 is 15.2 Å². The molecule has 0 heterocycles. The summed E-state index contributed by atoms with van der Waals surface area (Å²) in [6.45, 7) is -0.0681. The second-order valence-corrected chi connectivity index (χ2v) is 4.81. The van der Waals surface area contributed by atoms with Gasteiger partial charge >= 0.3 is 5.69 Å². The predicted molar refractivity (Wildman–Crippen MR) is 70.4 cm³/mol. The zero-order valence-corrected chi connectivity index (χ0v) is 11.0. The van der Waals surface area contributed by atoms with Gasteiger partial charge in [-0.2, -0.15) is 5.26 Å². The number of hydrogen-bond donors (Lipinski definition) is 1. The summed E-state index contributed by atoms with van der Waals surface area (Å²) in [5.74, 6) is 0.553. The number of ether oxygens (including phenoxy) is 2. The summed E-state index contributed by atoms with van der Waals surface area (Å²) in [5, 5.41) is 20.1. The Labute approximate surface area is 116 Å². The fourth-order valence-corrected chi connectivity index (χ4v) is 1.93. The van der Waals surface area contributed by atoms with Crippen molar-refractivity contribution in [3.05, 3.63) is 28.3 Å². The van der Waals surface area contributed by atoms with Gasteiger partial charge in [-0.3, -0.25) is 10.1 Å². The minimum absolute atomic E-state index is 0.0681. The molecule has 1 aromatic rings. The Morgan fingerprint density at radius 3 is 2.80 bits per heavy atom. The van der Waals surface area contributed by atoms with E-state index in [-0.39, 0.29) is 24.0 Å². The summed E-state index contributed by atoms with van der Waals surface area (Å²) in [5.41, 5.74) is 4.65. The number of methoxy groups -OCH3 is 1. The number of nitrogens with zero attached hydrogens (tertiary/aromatic N) is 2. The van der Waals surface area contributed by atoms with Crippen molar-refractivity contribution >= 4 is 5.69 Å². The van der Waals surface area contributed by atoms with Crippen LogP contribution in [0.15, 0.2) is 18.2 Å². The lowest BCUT2D eigenvalue weighted by Crippen LogP contribution is -2.46. The first-order chi connectivity index (χ1) is 9.50. The number of nitro benzene ring substituents is 1. The Hall–Kier alpha value is -2.33. The molecule has 2 rings (SSSR count). The summed E-state index contributed by atoms with van der Waals surface area (Å²) in [6, 6.07) is 6.32. The Morgan fingerprint density at radius 2 is 2.30 bits per heavy atom. The maximum atomic E-state index is 11.0. The molecule has 106 valence electrons. The zero-order chi connectivity index (χ0) is 14.8. The topological polar surface area (TPSA) is 111 Å². The van der Waals surface area contributed by atoms with Crippen molar-refractivity contribution in [3.63, 3.8) is 0 Å². The van der Waals surface area contributed by atoms with Crippen molar-refractivity contribution in [3.8, 4) is 17.6 Å². The molecule has 0 aromatic heterocycles. The van der Waals surface area contributed by atoms with E-state index >= 15 is 0 Å². The highest BCUT2D eigenvalue weighted by molar-refractivity contribution is 5.51. The molecule has 1 aliphatic carbocycles. The van der Waals surface area contributed by atoms with E-state index in [1.165, 1.54) is 19.2 Å². The highest BCUT2D eigenvalue weighted by Crippen LogP contribution is 2.39. The molecule has 7 heteroatoms. The van der Waals surface area contributed by atoms with Gasteiger partial charge in [-0.25, -0.2) is 0 Å². The van der Waals surface area contributed by atoms with Crippen molar-refractivity contribution in [1.82, 2.24) is 0 Å². The van der Waals surface area contributed by atoms with Gasteiger partial charge in [0.1, 0.15) is 17.9 Å². The molecule has 0 saturated heterocycles. The van der Waals surface area contributed by atoms with Gasteiger partial charge in [-0.15, -0.1) is 0 Å². The summed E-state index contributed by atoms with van der Waals surface area (Å²) in [4.78, 5) is 10.4.